The van der Waals surface area contributed by atoms with Gasteiger partial charge < -0.3 is 15.1 Å². The molecule has 0 bridgehead atoms. The Kier molecular flexibility index (Phi) is 2.59. The lowest BCUT2D eigenvalue weighted by molar-refractivity contribution is 0.0761. The van der Waals surface area contributed by atoms with E-state index >= 15 is 0 Å². The molecule has 1 fully saturated rings. The third-order valence-corrected chi connectivity index (χ3v) is 3.39. The lowest BCUT2D eigenvalue weighted by Gasteiger charge is -2.13. The molecule has 94 valence electrons. The highest BCUT2D eigenvalue weighted by Crippen LogP contribution is 2.22. The van der Waals surface area contributed by atoms with Crippen molar-refractivity contribution in [2.75, 3.05) is 13.1 Å². The monoisotopic (exact) mass is 244 g/mol. The van der Waals surface area contributed by atoms with Crippen molar-refractivity contribution in [2.24, 2.45) is 5.73 Å². The molecule has 1 amide bonds. The number of fused-ring (bicyclic) bond motifs is 1. The molecule has 18 heavy (non-hydrogen) atoms. The molecule has 3 rings (SSSR count). The fourth-order valence-electron chi connectivity index (χ4n) is 2.40. The van der Waals surface area contributed by atoms with Crippen LogP contribution in [0.25, 0.3) is 11.0 Å². The van der Waals surface area contributed by atoms with Gasteiger partial charge in [-0.3, -0.25) is 4.79 Å². The van der Waals surface area contributed by atoms with E-state index in [1.807, 2.05) is 31.2 Å². The normalized spacial score (nSPS) is 19.7. The highest BCUT2D eigenvalue weighted by atomic mass is 16.3. The maximum absolute atomic E-state index is 12.2. The van der Waals surface area contributed by atoms with Crippen molar-refractivity contribution >= 4 is 16.9 Å². The van der Waals surface area contributed by atoms with Crippen molar-refractivity contribution in [3.05, 3.63) is 35.6 Å². The molecule has 0 radical (unpaired) electrons. The van der Waals surface area contributed by atoms with Crippen LogP contribution in [0.4, 0.5) is 0 Å². The Hall–Kier alpha value is -1.81. The number of nitrogens with zero attached hydrogens (tertiary/aromatic N) is 1. The first-order valence-corrected chi connectivity index (χ1v) is 6.18. The summed E-state index contributed by atoms with van der Waals surface area (Å²) in [5.41, 5.74) is 7.73. The van der Waals surface area contributed by atoms with Crippen molar-refractivity contribution in [3.8, 4) is 0 Å². The summed E-state index contributed by atoms with van der Waals surface area (Å²) in [4.78, 5) is 14.0. The molecule has 0 aliphatic carbocycles. The standard InChI is InChI=1S/C14H16N2O2/c1-9-2-3-12-10(6-9)7-13(18-12)14(17)16-5-4-11(15)8-16/h2-3,6-7,11H,4-5,8,15H2,1H3/t11-/m1/s1. The highest BCUT2D eigenvalue weighted by Gasteiger charge is 2.26. The lowest BCUT2D eigenvalue weighted by atomic mass is 10.2. The number of carbonyl (C=O) groups excluding carboxylic acids is 1. The first kappa shape index (κ1) is 11.3. The molecule has 2 aromatic rings. The van der Waals surface area contributed by atoms with E-state index in [4.69, 9.17) is 10.2 Å². The number of amides is 1. The molecule has 1 aromatic carbocycles. The average Bonchev–Trinajstić information content (AvgIpc) is 2.93. The average molecular weight is 244 g/mol. The third-order valence-electron chi connectivity index (χ3n) is 3.39. The zero-order valence-corrected chi connectivity index (χ0v) is 10.3. The number of aryl methyl sites for hydroxylation is 1. The first-order chi connectivity index (χ1) is 8.63. The molecule has 1 aromatic heterocycles. The third kappa shape index (κ3) is 1.88. The van der Waals surface area contributed by atoms with E-state index in [9.17, 15) is 4.79 Å². The van der Waals surface area contributed by atoms with Crippen LogP contribution in [0.15, 0.2) is 28.7 Å². The number of furan rings is 1. The molecular weight excluding hydrogens is 228 g/mol. The van der Waals surface area contributed by atoms with E-state index in [1.54, 1.807) is 4.90 Å². The second-order valence-corrected chi connectivity index (χ2v) is 4.95. The Morgan fingerprint density at radius 3 is 3.00 bits per heavy atom. The minimum Gasteiger partial charge on any atom is -0.451 e. The van der Waals surface area contributed by atoms with Crippen molar-refractivity contribution in [3.63, 3.8) is 0 Å². The van der Waals surface area contributed by atoms with E-state index < -0.39 is 0 Å². The van der Waals surface area contributed by atoms with Gasteiger partial charge in [0.2, 0.25) is 0 Å². The van der Waals surface area contributed by atoms with Gasteiger partial charge in [-0.15, -0.1) is 0 Å². The summed E-state index contributed by atoms with van der Waals surface area (Å²) in [7, 11) is 0. The summed E-state index contributed by atoms with van der Waals surface area (Å²) < 4.78 is 5.60. The Morgan fingerprint density at radius 2 is 2.28 bits per heavy atom. The minimum atomic E-state index is -0.0585. The lowest BCUT2D eigenvalue weighted by Crippen LogP contribution is -2.31. The van der Waals surface area contributed by atoms with E-state index in [1.165, 1.54) is 0 Å². The highest BCUT2D eigenvalue weighted by molar-refractivity contribution is 5.96. The SMILES string of the molecule is Cc1ccc2oc(C(=O)N3CC[C@@H](N)C3)cc2c1. The van der Waals surface area contributed by atoms with Gasteiger partial charge in [-0.2, -0.15) is 0 Å². The van der Waals surface area contributed by atoms with Crippen LogP contribution in [-0.2, 0) is 0 Å². The molecule has 0 unspecified atom stereocenters. The number of benzene rings is 1. The molecule has 0 spiro atoms. The molecule has 1 saturated heterocycles. The van der Waals surface area contributed by atoms with Gasteiger partial charge in [0.15, 0.2) is 5.76 Å². The van der Waals surface area contributed by atoms with E-state index in [0.29, 0.717) is 12.3 Å². The molecular formula is C14H16N2O2. The van der Waals surface area contributed by atoms with Gasteiger partial charge in [-0.05, 0) is 31.5 Å². The van der Waals surface area contributed by atoms with Gasteiger partial charge in [0.1, 0.15) is 5.58 Å². The molecule has 1 aliphatic heterocycles. The predicted molar refractivity (Wildman–Crippen MR) is 69.4 cm³/mol. The zero-order chi connectivity index (χ0) is 12.7. The van der Waals surface area contributed by atoms with Gasteiger partial charge in [0.05, 0.1) is 0 Å². The predicted octanol–water partition coefficient (Wildman–Crippen LogP) is 1.91. The largest absolute Gasteiger partial charge is 0.451 e. The Morgan fingerprint density at radius 1 is 1.44 bits per heavy atom. The van der Waals surface area contributed by atoms with Crippen molar-refractivity contribution < 1.29 is 9.21 Å². The van der Waals surface area contributed by atoms with Crippen LogP contribution in [-0.4, -0.2) is 29.9 Å². The maximum atomic E-state index is 12.2. The van der Waals surface area contributed by atoms with Crippen LogP contribution in [0.3, 0.4) is 0 Å². The van der Waals surface area contributed by atoms with Crippen LogP contribution in [0.5, 0.6) is 0 Å². The van der Waals surface area contributed by atoms with E-state index in [2.05, 4.69) is 0 Å². The van der Waals surface area contributed by atoms with E-state index in [0.717, 1.165) is 29.5 Å². The molecule has 4 nitrogen and oxygen atoms in total. The quantitative estimate of drug-likeness (QED) is 0.833. The molecule has 2 heterocycles. The van der Waals surface area contributed by atoms with Gasteiger partial charge in [-0.1, -0.05) is 11.6 Å². The van der Waals surface area contributed by atoms with E-state index in [-0.39, 0.29) is 11.9 Å². The van der Waals surface area contributed by atoms with Crippen molar-refractivity contribution in [1.82, 2.24) is 4.90 Å². The number of nitrogens with two attached hydrogens (primary N) is 1. The molecule has 1 atom stereocenters. The number of likely N-dealkylation sites (tertiary alicyclic amines) is 1. The van der Waals surface area contributed by atoms with Crippen LogP contribution in [0, 0.1) is 6.92 Å². The second kappa shape index (κ2) is 4.14. The Labute approximate surface area is 105 Å². The van der Waals surface area contributed by atoms with Gasteiger partial charge >= 0.3 is 0 Å². The zero-order valence-electron chi connectivity index (χ0n) is 10.3. The second-order valence-electron chi connectivity index (χ2n) is 4.95. The van der Waals surface area contributed by atoms with Crippen molar-refractivity contribution in [1.29, 1.82) is 0 Å². The number of hydrogen-bond donors (Lipinski definition) is 1. The summed E-state index contributed by atoms with van der Waals surface area (Å²) in [6.45, 7) is 3.36. The minimum absolute atomic E-state index is 0.0585. The Balaban J connectivity index is 1.92. The van der Waals surface area contributed by atoms with Gasteiger partial charge in [0.25, 0.3) is 5.91 Å². The molecule has 2 N–H and O–H groups in total. The van der Waals surface area contributed by atoms with Crippen LogP contribution in [0.2, 0.25) is 0 Å². The summed E-state index contributed by atoms with van der Waals surface area (Å²) in [6.07, 6.45) is 0.866. The number of rotatable bonds is 1. The maximum Gasteiger partial charge on any atom is 0.289 e. The first-order valence-electron chi connectivity index (χ1n) is 6.18. The molecule has 0 saturated carbocycles. The van der Waals surface area contributed by atoms with Gasteiger partial charge in [-0.25, -0.2) is 0 Å². The van der Waals surface area contributed by atoms with Gasteiger partial charge in [0, 0.05) is 24.5 Å². The fraction of sp³-hybridized carbons (Fsp3) is 0.357. The molecule has 1 aliphatic rings. The summed E-state index contributed by atoms with van der Waals surface area (Å²) in [6, 6.07) is 7.81. The van der Waals surface area contributed by atoms with Crippen molar-refractivity contribution in [2.45, 2.75) is 19.4 Å². The fourth-order valence-corrected chi connectivity index (χ4v) is 2.40. The van der Waals surface area contributed by atoms with Crippen LogP contribution >= 0.6 is 0 Å². The topological polar surface area (TPSA) is 59.5 Å². The van der Waals surface area contributed by atoms with Crippen LogP contribution in [0.1, 0.15) is 22.5 Å². The smallest absolute Gasteiger partial charge is 0.289 e. The molecule has 4 heteroatoms. The summed E-state index contributed by atoms with van der Waals surface area (Å²) >= 11 is 0. The number of hydrogen-bond acceptors (Lipinski definition) is 3. The van der Waals surface area contributed by atoms with Crippen LogP contribution < -0.4 is 5.73 Å². The Bertz CT molecular complexity index is 603. The number of carbonyl (C=O) groups is 1. The summed E-state index contributed by atoms with van der Waals surface area (Å²) in [5.74, 6) is 0.349. The summed E-state index contributed by atoms with van der Waals surface area (Å²) in [5, 5.41) is 0.974.